The highest BCUT2D eigenvalue weighted by molar-refractivity contribution is 6.32. The van der Waals surface area contributed by atoms with E-state index >= 15 is 0 Å². The maximum absolute atomic E-state index is 11.8. The minimum absolute atomic E-state index is 0.0626. The maximum atomic E-state index is 11.8. The van der Waals surface area contributed by atoms with Crippen molar-refractivity contribution in [1.82, 2.24) is 10.2 Å². The number of amides is 2. The van der Waals surface area contributed by atoms with Gasteiger partial charge in [0, 0.05) is 31.6 Å². The van der Waals surface area contributed by atoms with Crippen LogP contribution < -0.4 is 5.32 Å². The molecule has 5 nitrogen and oxygen atoms in total. The van der Waals surface area contributed by atoms with Crippen molar-refractivity contribution in [2.24, 2.45) is 0 Å². The number of nitrogens with one attached hydrogen (secondary N) is 1. The van der Waals surface area contributed by atoms with E-state index in [0.29, 0.717) is 18.5 Å². The second-order valence-corrected chi connectivity index (χ2v) is 5.17. The van der Waals surface area contributed by atoms with Gasteiger partial charge in [-0.2, -0.15) is 0 Å². The van der Waals surface area contributed by atoms with Crippen molar-refractivity contribution >= 4 is 23.4 Å². The summed E-state index contributed by atoms with van der Waals surface area (Å²) >= 11 is 5.74. The molecule has 0 aliphatic carbocycles. The van der Waals surface area contributed by atoms with E-state index in [4.69, 9.17) is 11.6 Å². The summed E-state index contributed by atoms with van der Waals surface area (Å²) in [6.45, 7) is 1.94. The lowest BCUT2D eigenvalue weighted by atomic mass is 10.2. The van der Waals surface area contributed by atoms with Gasteiger partial charge in [0.15, 0.2) is 0 Å². The van der Waals surface area contributed by atoms with Crippen LogP contribution in [-0.4, -0.2) is 41.5 Å². The van der Waals surface area contributed by atoms with E-state index in [1.54, 1.807) is 0 Å². The number of carbonyl (C=O) groups excluding carboxylic acids is 2. The number of hydrogen-bond acceptors (Lipinski definition) is 3. The van der Waals surface area contributed by atoms with E-state index in [9.17, 15) is 14.7 Å². The smallest absolute Gasteiger partial charge is 0.251 e. The van der Waals surface area contributed by atoms with Crippen LogP contribution in [0, 0.1) is 0 Å². The van der Waals surface area contributed by atoms with Crippen LogP contribution >= 0.6 is 11.6 Å². The van der Waals surface area contributed by atoms with Crippen molar-refractivity contribution in [3.05, 3.63) is 28.8 Å². The van der Waals surface area contributed by atoms with Gasteiger partial charge < -0.3 is 15.3 Å². The molecule has 0 saturated carbocycles. The third-order valence-corrected chi connectivity index (χ3v) is 3.60. The van der Waals surface area contributed by atoms with Gasteiger partial charge in [-0.25, -0.2) is 0 Å². The number of nitrogens with zero attached hydrogens (tertiary/aromatic N) is 1. The number of benzene rings is 1. The van der Waals surface area contributed by atoms with Gasteiger partial charge in [0.05, 0.1) is 5.02 Å². The Hall–Kier alpha value is -1.75. The van der Waals surface area contributed by atoms with Crippen LogP contribution in [0.25, 0.3) is 0 Å². The molecule has 20 heavy (non-hydrogen) atoms. The number of likely N-dealkylation sites (tertiary alicyclic amines) is 1. The molecule has 108 valence electrons. The van der Waals surface area contributed by atoms with Crippen molar-refractivity contribution in [2.45, 2.75) is 19.3 Å². The SMILES string of the molecule is O=C(NCCC(=O)N1CCCC1)c1ccc(O)c(Cl)c1. The average Bonchev–Trinajstić information content (AvgIpc) is 2.95. The fourth-order valence-corrected chi connectivity index (χ4v) is 2.34. The molecule has 0 aromatic heterocycles. The summed E-state index contributed by atoms with van der Waals surface area (Å²) in [5.41, 5.74) is 0.362. The molecule has 6 heteroatoms. The van der Waals surface area contributed by atoms with Crippen molar-refractivity contribution in [1.29, 1.82) is 0 Å². The van der Waals surface area contributed by atoms with Crippen molar-refractivity contribution < 1.29 is 14.7 Å². The number of hydrogen-bond donors (Lipinski definition) is 2. The normalized spacial score (nSPS) is 14.3. The topological polar surface area (TPSA) is 69.6 Å². The summed E-state index contributed by atoms with van der Waals surface area (Å²) < 4.78 is 0. The second-order valence-electron chi connectivity index (χ2n) is 4.76. The summed E-state index contributed by atoms with van der Waals surface area (Å²) in [5, 5.41) is 12.1. The monoisotopic (exact) mass is 296 g/mol. The van der Waals surface area contributed by atoms with Crippen LogP contribution in [0.2, 0.25) is 5.02 Å². The van der Waals surface area contributed by atoms with Crippen molar-refractivity contribution in [3.8, 4) is 5.75 Å². The molecule has 0 atom stereocenters. The fraction of sp³-hybridized carbons (Fsp3) is 0.429. The van der Waals surface area contributed by atoms with Gasteiger partial charge in [-0.05, 0) is 31.0 Å². The highest BCUT2D eigenvalue weighted by Crippen LogP contribution is 2.23. The van der Waals surface area contributed by atoms with Crippen LogP contribution in [0.4, 0.5) is 0 Å². The largest absolute Gasteiger partial charge is 0.506 e. The number of phenols is 1. The second kappa shape index (κ2) is 6.61. The number of carbonyl (C=O) groups is 2. The minimum Gasteiger partial charge on any atom is -0.506 e. The molecule has 0 unspecified atom stereocenters. The van der Waals surface area contributed by atoms with Crippen LogP contribution in [-0.2, 0) is 4.79 Å². The zero-order valence-corrected chi connectivity index (χ0v) is 11.8. The van der Waals surface area contributed by atoms with Crippen LogP contribution in [0.15, 0.2) is 18.2 Å². The lowest BCUT2D eigenvalue weighted by Crippen LogP contribution is -2.32. The summed E-state index contributed by atoms with van der Waals surface area (Å²) in [7, 11) is 0. The third-order valence-electron chi connectivity index (χ3n) is 3.29. The van der Waals surface area contributed by atoms with E-state index in [1.807, 2.05) is 4.90 Å². The van der Waals surface area contributed by atoms with Gasteiger partial charge in [-0.3, -0.25) is 9.59 Å². The number of phenolic OH excluding ortho intramolecular Hbond substituents is 1. The van der Waals surface area contributed by atoms with Gasteiger partial charge in [-0.1, -0.05) is 11.6 Å². The summed E-state index contributed by atoms with van der Waals surface area (Å²) in [6.07, 6.45) is 2.42. The molecule has 0 bridgehead atoms. The standard InChI is InChI=1S/C14H17ClN2O3/c15-11-9-10(3-4-12(11)18)14(20)16-6-5-13(19)17-7-1-2-8-17/h3-4,9,18H,1-2,5-8H2,(H,16,20). The van der Waals surface area contributed by atoms with Crippen molar-refractivity contribution in [3.63, 3.8) is 0 Å². The number of halogens is 1. The number of rotatable bonds is 4. The van der Waals surface area contributed by atoms with E-state index in [2.05, 4.69) is 5.32 Å². The molecule has 2 amide bonds. The van der Waals surface area contributed by atoms with Crippen molar-refractivity contribution in [2.75, 3.05) is 19.6 Å². The predicted molar refractivity (Wildman–Crippen MR) is 75.9 cm³/mol. The van der Waals surface area contributed by atoms with Gasteiger partial charge in [0.1, 0.15) is 5.75 Å². The third kappa shape index (κ3) is 3.63. The van der Waals surface area contributed by atoms with E-state index in [-0.39, 0.29) is 22.6 Å². The van der Waals surface area contributed by atoms with Gasteiger partial charge in [0.2, 0.25) is 5.91 Å². The molecule has 1 fully saturated rings. The number of aromatic hydroxyl groups is 1. The lowest BCUT2D eigenvalue weighted by molar-refractivity contribution is -0.129. The Morgan fingerprint density at radius 2 is 2.00 bits per heavy atom. The molecule has 0 spiro atoms. The van der Waals surface area contributed by atoms with Gasteiger partial charge >= 0.3 is 0 Å². The Kier molecular flexibility index (Phi) is 4.84. The summed E-state index contributed by atoms with van der Waals surface area (Å²) in [4.78, 5) is 25.4. The zero-order chi connectivity index (χ0) is 14.5. The van der Waals surface area contributed by atoms with E-state index in [1.165, 1.54) is 18.2 Å². The molecule has 1 aromatic rings. The first-order chi connectivity index (χ1) is 9.58. The maximum Gasteiger partial charge on any atom is 0.251 e. The quantitative estimate of drug-likeness (QED) is 0.890. The predicted octanol–water partition coefficient (Wildman–Crippen LogP) is 1.79. The van der Waals surface area contributed by atoms with E-state index in [0.717, 1.165) is 25.9 Å². The summed E-state index contributed by atoms with van der Waals surface area (Å²) in [6, 6.07) is 4.25. The molecular weight excluding hydrogens is 280 g/mol. The van der Waals surface area contributed by atoms with Crippen LogP contribution in [0.1, 0.15) is 29.6 Å². The molecular formula is C14H17ClN2O3. The molecule has 1 aromatic carbocycles. The molecule has 1 aliphatic rings. The summed E-state index contributed by atoms with van der Waals surface area (Å²) in [5.74, 6) is -0.292. The Morgan fingerprint density at radius 3 is 2.65 bits per heavy atom. The molecule has 1 aliphatic heterocycles. The molecule has 2 rings (SSSR count). The Labute approximate surface area is 122 Å². The van der Waals surface area contributed by atoms with Gasteiger partial charge in [0.25, 0.3) is 5.91 Å². The molecule has 1 saturated heterocycles. The molecule has 0 radical (unpaired) electrons. The first-order valence-corrected chi connectivity index (χ1v) is 7.00. The Morgan fingerprint density at radius 1 is 1.30 bits per heavy atom. The Balaban J connectivity index is 1.79. The van der Waals surface area contributed by atoms with E-state index < -0.39 is 0 Å². The fourth-order valence-electron chi connectivity index (χ4n) is 2.16. The lowest BCUT2D eigenvalue weighted by Gasteiger charge is -2.15. The first kappa shape index (κ1) is 14.7. The highest BCUT2D eigenvalue weighted by atomic mass is 35.5. The minimum atomic E-state index is -0.305. The average molecular weight is 297 g/mol. The highest BCUT2D eigenvalue weighted by Gasteiger charge is 2.17. The zero-order valence-electron chi connectivity index (χ0n) is 11.1. The van der Waals surface area contributed by atoms with Gasteiger partial charge in [-0.15, -0.1) is 0 Å². The first-order valence-electron chi connectivity index (χ1n) is 6.62. The Bertz CT molecular complexity index is 513. The van der Waals surface area contributed by atoms with Crippen LogP contribution in [0.3, 0.4) is 0 Å². The molecule has 1 heterocycles. The molecule has 2 N–H and O–H groups in total. The van der Waals surface area contributed by atoms with Crippen LogP contribution in [0.5, 0.6) is 5.75 Å².